The van der Waals surface area contributed by atoms with Crippen LogP contribution in [0.4, 0.5) is 11.4 Å². The van der Waals surface area contributed by atoms with Gasteiger partial charge in [-0.3, -0.25) is 4.79 Å². The number of ether oxygens (including phenoxy) is 2. The molecule has 8 nitrogen and oxygen atoms in total. The number of amides is 1. The summed E-state index contributed by atoms with van der Waals surface area (Å²) < 4.78 is 38.6. The lowest BCUT2D eigenvalue weighted by atomic mass is 9.93. The highest BCUT2D eigenvalue weighted by Crippen LogP contribution is 2.30. The number of carbonyl (C=O) groups excluding carboxylic acids is 1. The van der Waals surface area contributed by atoms with E-state index in [4.69, 9.17) is 9.47 Å². The van der Waals surface area contributed by atoms with Gasteiger partial charge in [-0.1, -0.05) is 12.2 Å². The number of allylic oxidation sites excluding steroid dienone is 2. The van der Waals surface area contributed by atoms with Crippen molar-refractivity contribution in [3.05, 3.63) is 30.4 Å². The zero-order valence-corrected chi connectivity index (χ0v) is 18.5. The molecule has 1 aliphatic carbocycles. The molecule has 2 fully saturated rings. The molecule has 1 aromatic rings. The van der Waals surface area contributed by atoms with Crippen molar-refractivity contribution >= 4 is 27.3 Å². The molecule has 2 saturated heterocycles. The van der Waals surface area contributed by atoms with E-state index < -0.39 is 10.0 Å². The highest BCUT2D eigenvalue weighted by molar-refractivity contribution is 7.89. The number of anilines is 2. The van der Waals surface area contributed by atoms with Gasteiger partial charge < -0.3 is 20.1 Å². The van der Waals surface area contributed by atoms with E-state index in [1.165, 1.54) is 4.31 Å². The quantitative estimate of drug-likeness (QED) is 0.621. The summed E-state index contributed by atoms with van der Waals surface area (Å²) in [5, 5.41) is 6.33. The average Bonchev–Trinajstić information content (AvgIpc) is 3.33. The molecule has 2 aliphatic heterocycles. The van der Waals surface area contributed by atoms with Crippen molar-refractivity contribution in [3.8, 4) is 0 Å². The lowest BCUT2D eigenvalue weighted by Gasteiger charge is -2.26. The van der Waals surface area contributed by atoms with Crippen LogP contribution in [0.2, 0.25) is 0 Å². The normalized spacial score (nSPS) is 24.8. The summed E-state index contributed by atoms with van der Waals surface area (Å²) in [6, 6.07) is 4.90. The second-order valence-corrected chi connectivity index (χ2v) is 10.1. The largest absolute Gasteiger partial charge is 0.381 e. The van der Waals surface area contributed by atoms with E-state index in [0.29, 0.717) is 50.6 Å². The average molecular weight is 450 g/mol. The molecule has 2 N–H and O–H groups in total. The molecular weight excluding hydrogens is 418 g/mol. The van der Waals surface area contributed by atoms with Crippen LogP contribution in [-0.2, 0) is 24.3 Å². The predicted molar refractivity (Wildman–Crippen MR) is 119 cm³/mol. The van der Waals surface area contributed by atoms with E-state index in [9.17, 15) is 13.2 Å². The number of rotatable bonds is 7. The lowest BCUT2D eigenvalue weighted by molar-refractivity contribution is -0.120. The second-order valence-electron chi connectivity index (χ2n) is 8.21. The predicted octanol–water partition coefficient (Wildman–Crippen LogP) is 2.59. The van der Waals surface area contributed by atoms with Gasteiger partial charge in [0, 0.05) is 32.2 Å². The van der Waals surface area contributed by atoms with Gasteiger partial charge in [0.05, 0.1) is 35.6 Å². The van der Waals surface area contributed by atoms with Gasteiger partial charge in [-0.25, -0.2) is 8.42 Å². The number of carbonyl (C=O) groups is 1. The number of benzene rings is 1. The third kappa shape index (κ3) is 5.46. The fourth-order valence-corrected chi connectivity index (χ4v) is 5.61. The Morgan fingerprint density at radius 2 is 1.94 bits per heavy atom. The molecule has 9 heteroatoms. The van der Waals surface area contributed by atoms with E-state index in [2.05, 4.69) is 16.7 Å². The Balaban J connectivity index is 1.56. The molecule has 4 rings (SSSR count). The zero-order chi connectivity index (χ0) is 21.7. The summed E-state index contributed by atoms with van der Waals surface area (Å²) in [5.74, 6) is -0.180. The van der Waals surface area contributed by atoms with Crippen LogP contribution in [0.15, 0.2) is 35.2 Å². The molecule has 1 amide bonds. The maximum atomic E-state index is 13.1. The van der Waals surface area contributed by atoms with Crippen molar-refractivity contribution in [2.24, 2.45) is 5.92 Å². The number of morpholine rings is 1. The summed E-state index contributed by atoms with van der Waals surface area (Å²) in [4.78, 5) is 13.0. The Hall–Kier alpha value is -1.94. The van der Waals surface area contributed by atoms with Gasteiger partial charge in [0.25, 0.3) is 0 Å². The molecule has 31 heavy (non-hydrogen) atoms. The van der Waals surface area contributed by atoms with Crippen molar-refractivity contribution in [2.45, 2.75) is 43.1 Å². The van der Waals surface area contributed by atoms with Gasteiger partial charge >= 0.3 is 0 Å². The van der Waals surface area contributed by atoms with Gasteiger partial charge in [-0.2, -0.15) is 4.31 Å². The first-order chi connectivity index (χ1) is 15.0. The van der Waals surface area contributed by atoms with Gasteiger partial charge in [0.2, 0.25) is 15.9 Å². The number of nitrogens with one attached hydrogen (secondary N) is 2. The van der Waals surface area contributed by atoms with E-state index in [1.807, 2.05) is 6.08 Å². The van der Waals surface area contributed by atoms with Crippen LogP contribution in [0.1, 0.15) is 32.1 Å². The minimum Gasteiger partial charge on any atom is -0.381 e. The topological polar surface area (TPSA) is 97.0 Å². The summed E-state index contributed by atoms with van der Waals surface area (Å²) >= 11 is 0. The summed E-state index contributed by atoms with van der Waals surface area (Å²) in [7, 11) is -3.65. The number of sulfonamides is 1. The summed E-state index contributed by atoms with van der Waals surface area (Å²) in [6.07, 6.45) is 8.67. The molecule has 0 saturated carbocycles. The minimum absolute atomic E-state index is 0.0783. The first-order valence-electron chi connectivity index (χ1n) is 11.1. The van der Waals surface area contributed by atoms with E-state index in [1.54, 1.807) is 18.2 Å². The molecule has 2 atom stereocenters. The molecule has 0 radical (unpaired) electrons. The van der Waals surface area contributed by atoms with Crippen LogP contribution in [0, 0.1) is 5.92 Å². The lowest BCUT2D eigenvalue weighted by Crippen LogP contribution is -2.40. The third-order valence-corrected chi connectivity index (χ3v) is 7.94. The van der Waals surface area contributed by atoms with E-state index in [0.717, 1.165) is 32.3 Å². The highest BCUT2D eigenvalue weighted by atomic mass is 32.2. The molecular formula is C22H31N3O5S. The molecule has 1 aromatic carbocycles. The number of hydrogen-bond acceptors (Lipinski definition) is 6. The Morgan fingerprint density at radius 1 is 1.10 bits per heavy atom. The van der Waals surface area contributed by atoms with Crippen molar-refractivity contribution in [1.82, 2.24) is 4.31 Å². The van der Waals surface area contributed by atoms with Crippen molar-refractivity contribution in [1.29, 1.82) is 0 Å². The first-order valence-corrected chi connectivity index (χ1v) is 12.5. The molecule has 0 bridgehead atoms. The van der Waals surface area contributed by atoms with Crippen LogP contribution in [0.25, 0.3) is 0 Å². The molecule has 3 aliphatic rings. The highest BCUT2D eigenvalue weighted by Gasteiger charge is 2.28. The Kier molecular flexibility index (Phi) is 7.27. The Labute approximate surface area is 184 Å². The Morgan fingerprint density at radius 3 is 2.65 bits per heavy atom. The van der Waals surface area contributed by atoms with Gasteiger partial charge in [0.15, 0.2) is 0 Å². The maximum Gasteiger partial charge on any atom is 0.243 e. The van der Waals surface area contributed by atoms with Crippen molar-refractivity contribution in [2.75, 3.05) is 50.1 Å². The van der Waals surface area contributed by atoms with Crippen molar-refractivity contribution in [3.63, 3.8) is 0 Å². The zero-order valence-electron chi connectivity index (χ0n) is 17.7. The smallest absolute Gasteiger partial charge is 0.243 e. The Bertz CT molecular complexity index is 906. The van der Waals surface area contributed by atoms with Crippen LogP contribution in [0.3, 0.4) is 0 Å². The van der Waals surface area contributed by atoms with Gasteiger partial charge in [-0.15, -0.1) is 0 Å². The standard InChI is InChI=1S/C22H31N3O5S/c26-22(17-5-2-1-3-6-17)24-21-15-19(31(27,28)25-10-13-29-14-11-25)8-9-20(21)23-16-18-7-4-12-30-18/h1-2,8-9,15,17-18,23H,3-7,10-14,16H2,(H,24,26)/t17-,18-/m0/s1. The van der Waals surface area contributed by atoms with Crippen LogP contribution in [-0.4, -0.2) is 64.2 Å². The number of hydrogen-bond donors (Lipinski definition) is 2. The van der Waals surface area contributed by atoms with E-state index >= 15 is 0 Å². The second kappa shape index (κ2) is 10.1. The van der Waals surface area contributed by atoms with Gasteiger partial charge in [0.1, 0.15) is 0 Å². The summed E-state index contributed by atoms with van der Waals surface area (Å²) in [5.41, 5.74) is 1.20. The molecule has 2 heterocycles. The third-order valence-electron chi connectivity index (χ3n) is 6.04. The fourth-order valence-electron chi connectivity index (χ4n) is 4.17. The summed E-state index contributed by atoms with van der Waals surface area (Å²) in [6.45, 7) is 2.82. The molecule has 0 spiro atoms. The van der Waals surface area contributed by atoms with Crippen LogP contribution >= 0.6 is 0 Å². The number of nitrogens with zero attached hydrogens (tertiary/aromatic N) is 1. The monoisotopic (exact) mass is 449 g/mol. The molecule has 170 valence electrons. The van der Waals surface area contributed by atoms with Gasteiger partial charge in [-0.05, 0) is 50.3 Å². The van der Waals surface area contributed by atoms with Crippen LogP contribution in [0.5, 0.6) is 0 Å². The first kappa shape index (κ1) is 22.3. The maximum absolute atomic E-state index is 13.1. The van der Waals surface area contributed by atoms with Crippen molar-refractivity contribution < 1.29 is 22.7 Å². The SMILES string of the molecule is O=C(Nc1cc(S(=O)(=O)N2CCOCC2)ccc1NC[C@@H]1CCCO1)[C@H]1CC=CCC1. The van der Waals surface area contributed by atoms with E-state index in [-0.39, 0.29) is 22.8 Å². The molecule has 0 unspecified atom stereocenters. The minimum atomic E-state index is -3.65. The molecule has 0 aromatic heterocycles. The van der Waals surface area contributed by atoms with Crippen LogP contribution < -0.4 is 10.6 Å². The fraction of sp³-hybridized carbons (Fsp3) is 0.591.